The van der Waals surface area contributed by atoms with Crippen LogP contribution in [0.1, 0.15) is 62.3 Å². The molecule has 0 radical (unpaired) electrons. The van der Waals surface area contributed by atoms with E-state index in [1.54, 1.807) is 0 Å². The van der Waals surface area contributed by atoms with Gasteiger partial charge in [0.1, 0.15) is 0 Å². The molecular weight excluding hydrogens is 260 g/mol. The van der Waals surface area contributed by atoms with Crippen LogP contribution in [0.2, 0.25) is 0 Å². The Morgan fingerprint density at radius 2 is 1.86 bits per heavy atom. The van der Waals surface area contributed by atoms with Crippen molar-refractivity contribution in [1.29, 1.82) is 0 Å². The lowest BCUT2D eigenvalue weighted by molar-refractivity contribution is -0.123. The lowest BCUT2D eigenvalue weighted by atomic mass is 9.89. The Morgan fingerprint density at radius 1 is 1.14 bits per heavy atom. The molecule has 3 nitrogen and oxygen atoms in total. The van der Waals surface area contributed by atoms with Crippen LogP contribution in [0.3, 0.4) is 0 Å². The van der Waals surface area contributed by atoms with Gasteiger partial charge < -0.3 is 5.32 Å². The molecule has 2 atom stereocenters. The number of hydrogen-bond acceptors (Lipinski definition) is 2. The van der Waals surface area contributed by atoms with E-state index in [0.717, 1.165) is 12.8 Å². The van der Waals surface area contributed by atoms with Crippen molar-refractivity contribution in [3.05, 3.63) is 34.9 Å². The quantitative estimate of drug-likeness (QED) is 0.874. The fourth-order valence-corrected chi connectivity index (χ4v) is 3.12. The van der Waals surface area contributed by atoms with E-state index >= 15 is 0 Å². The van der Waals surface area contributed by atoms with Crippen LogP contribution >= 0.6 is 0 Å². The molecule has 0 saturated heterocycles. The molecule has 0 aromatic heterocycles. The molecule has 0 heterocycles. The molecule has 21 heavy (non-hydrogen) atoms. The maximum absolute atomic E-state index is 12.0. The van der Waals surface area contributed by atoms with E-state index in [1.165, 1.54) is 42.4 Å². The molecule has 3 rings (SSSR count). The standard InChI is InChI=1S/C18H26N2O/c1-12(19-13(2)18(21)20-17-9-10-17)15-8-7-14-5-3-4-6-16(14)11-15/h7-8,11-13,17,19H,3-6,9-10H2,1-2H3,(H,20,21)/t12-,13+/m0/s1. The Labute approximate surface area is 127 Å². The largest absolute Gasteiger partial charge is 0.352 e. The number of amides is 1. The maximum atomic E-state index is 12.0. The molecule has 1 fully saturated rings. The minimum Gasteiger partial charge on any atom is -0.352 e. The van der Waals surface area contributed by atoms with Crippen LogP contribution in [-0.4, -0.2) is 18.0 Å². The SMILES string of the molecule is C[C@H](N[C@H](C)C(=O)NC1CC1)c1ccc2c(c1)CCCC2. The number of hydrogen-bond donors (Lipinski definition) is 2. The molecule has 1 aromatic rings. The van der Waals surface area contributed by atoms with Gasteiger partial charge in [-0.15, -0.1) is 0 Å². The van der Waals surface area contributed by atoms with E-state index in [2.05, 4.69) is 35.8 Å². The van der Waals surface area contributed by atoms with Gasteiger partial charge in [-0.25, -0.2) is 0 Å². The van der Waals surface area contributed by atoms with Crippen LogP contribution in [0.4, 0.5) is 0 Å². The van der Waals surface area contributed by atoms with E-state index in [0.29, 0.717) is 6.04 Å². The van der Waals surface area contributed by atoms with Crippen molar-refractivity contribution in [2.45, 2.75) is 70.5 Å². The molecule has 1 saturated carbocycles. The predicted molar refractivity (Wildman–Crippen MR) is 85.3 cm³/mol. The minimum atomic E-state index is -0.142. The van der Waals surface area contributed by atoms with Gasteiger partial charge in [0, 0.05) is 12.1 Å². The highest BCUT2D eigenvalue weighted by Gasteiger charge is 2.26. The second kappa shape index (κ2) is 6.18. The Hall–Kier alpha value is -1.35. The maximum Gasteiger partial charge on any atom is 0.237 e. The first kappa shape index (κ1) is 14.6. The third kappa shape index (κ3) is 3.65. The summed E-state index contributed by atoms with van der Waals surface area (Å²) in [7, 11) is 0. The minimum absolute atomic E-state index is 0.127. The van der Waals surface area contributed by atoms with Crippen molar-refractivity contribution in [1.82, 2.24) is 10.6 Å². The van der Waals surface area contributed by atoms with Gasteiger partial charge in [-0.3, -0.25) is 10.1 Å². The first-order valence-corrected chi connectivity index (χ1v) is 8.31. The van der Waals surface area contributed by atoms with Crippen LogP contribution < -0.4 is 10.6 Å². The lowest BCUT2D eigenvalue weighted by Gasteiger charge is -2.22. The van der Waals surface area contributed by atoms with Gasteiger partial charge in [-0.2, -0.15) is 0 Å². The first-order valence-electron chi connectivity index (χ1n) is 8.31. The second-order valence-corrected chi connectivity index (χ2v) is 6.63. The number of rotatable bonds is 5. The van der Waals surface area contributed by atoms with Crippen molar-refractivity contribution in [2.24, 2.45) is 0 Å². The van der Waals surface area contributed by atoms with Gasteiger partial charge in [0.25, 0.3) is 0 Å². The average molecular weight is 286 g/mol. The average Bonchev–Trinajstić information content (AvgIpc) is 3.30. The van der Waals surface area contributed by atoms with E-state index < -0.39 is 0 Å². The van der Waals surface area contributed by atoms with Crippen molar-refractivity contribution >= 4 is 5.91 Å². The van der Waals surface area contributed by atoms with Crippen molar-refractivity contribution < 1.29 is 4.79 Å². The molecular formula is C18H26N2O. The Morgan fingerprint density at radius 3 is 2.57 bits per heavy atom. The highest BCUT2D eigenvalue weighted by atomic mass is 16.2. The number of carbonyl (C=O) groups excluding carboxylic acids is 1. The van der Waals surface area contributed by atoms with E-state index in [-0.39, 0.29) is 18.0 Å². The molecule has 0 unspecified atom stereocenters. The molecule has 0 aliphatic heterocycles. The van der Waals surface area contributed by atoms with Crippen LogP contribution in [0, 0.1) is 0 Å². The fraction of sp³-hybridized carbons (Fsp3) is 0.611. The Balaban J connectivity index is 1.61. The van der Waals surface area contributed by atoms with E-state index in [1.807, 2.05) is 6.92 Å². The monoisotopic (exact) mass is 286 g/mol. The van der Waals surface area contributed by atoms with E-state index in [4.69, 9.17) is 0 Å². The highest BCUT2D eigenvalue weighted by molar-refractivity contribution is 5.81. The van der Waals surface area contributed by atoms with Crippen molar-refractivity contribution in [3.8, 4) is 0 Å². The van der Waals surface area contributed by atoms with Gasteiger partial charge in [0.05, 0.1) is 6.04 Å². The van der Waals surface area contributed by atoms with Crippen LogP contribution in [0.25, 0.3) is 0 Å². The van der Waals surface area contributed by atoms with Crippen molar-refractivity contribution in [2.75, 3.05) is 0 Å². The van der Waals surface area contributed by atoms with Gasteiger partial charge in [-0.05, 0) is 69.1 Å². The van der Waals surface area contributed by atoms with Gasteiger partial charge in [-0.1, -0.05) is 18.2 Å². The Bertz CT molecular complexity index is 522. The molecule has 1 amide bonds. The smallest absolute Gasteiger partial charge is 0.237 e. The summed E-state index contributed by atoms with van der Waals surface area (Å²) >= 11 is 0. The summed E-state index contributed by atoms with van der Waals surface area (Å²) in [5, 5.41) is 6.48. The molecule has 2 aliphatic carbocycles. The summed E-state index contributed by atoms with van der Waals surface area (Å²) in [6.07, 6.45) is 7.32. The van der Waals surface area contributed by atoms with Gasteiger partial charge >= 0.3 is 0 Å². The summed E-state index contributed by atoms with van der Waals surface area (Å²) < 4.78 is 0. The molecule has 1 aromatic carbocycles. The third-order valence-electron chi connectivity index (χ3n) is 4.69. The first-order chi connectivity index (χ1) is 10.1. The lowest BCUT2D eigenvalue weighted by Crippen LogP contribution is -2.43. The summed E-state index contributed by atoms with van der Waals surface area (Å²) in [5.74, 6) is 0.127. The van der Waals surface area contributed by atoms with Gasteiger partial charge in [0.15, 0.2) is 0 Å². The number of fused-ring (bicyclic) bond motifs is 1. The summed E-state index contributed by atoms with van der Waals surface area (Å²) in [4.78, 5) is 12.0. The normalized spacial score (nSPS) is 20.5. The van der Waals surface area contributed by atoms with Crippen molar-refractivity contribution in [3.63, 3.8) is 0 Å². The topological polar surface area (TPSA) is 41.1 Å². The highest BCUT2D eigenvalue weighted by Crippen LogP contribution is 2.25. The predicted octanol–water partition coefficient (Wildman–Crippen LogP) is 2.88. The van der Waals surface area contributed by atoms with Gasteiger partial charge in [0.2, 0.25) is 5.91 Å². The van der Waals surface area contributed by atoms with E-state index in [9.17, 15) is 4.79 Å². The zero-order valence-corrected chi connectivity index (χ0v) is 13.1. The molecule has 2 N–H and O–H groups in total. The number of aryl methyl sites for hydroxylation is 2. The number of carbonyl (C=O) groups is 1. The van der Waals surface area contributed by atoms with Crippen LogP contribution in [-0.2, 0) is 17.6 Å². The number of benzene rings is 1. The molecule has 3 heteroatoms. The third-order valence-corrected chi connectivity index (χ3v) is 4.69. The summed E-state index contributed by atoms with van der Waals surface area (Å²) in [6, 6.07) is 7.32. The second-order valence-electron chi connectivity index (χ2n) is 6.63. The summed E-state index contributed by atoms with van der Waals surface area (Å²) in [6.45, 7) is 4.10. The fourth-order valence-electron chi connectivity index (χ4n) is 3.12. The zero-order valence-electron chi connectivity index (χ0n) is 13.1. The van der Waals surface area contributed by atoms with Crippen LogP contribution in [0.5, 0.6) is 0 Å². The molecule has 0 spiro atoms. The summed E-state index contributed by atoms with van der Waals surface area (Å²) in [5.41, 5.74) is 4.31. The molecule has 0 bridgehead atoms. The Kier molecular flexibility index (Phi) is 4.29. The van der Waals surface area contributed by atoms with Crippen LogP contribution in [0.15, 0.2) is 18.2 Å². The zero-order chi connectivity index (χ0) is 14.8. The number of nitrogens with one attached hydrogen (secondary N) is 2. The molecule has 2 aliphatic rings. The molecule has 114 valence electrons.